The van der Waals surface area contributed by atoms with E-state index >= 15 is 0 Å². The minimum atomic E-state index is -1.28. The molecular weight excluding hydrogens is 400 g/mol. The maximum atomic E-state index is 13.6. The van der Waals surface area contributed by atoms with Crippen molar-refractivity contribution in [3.63, 3.8) is 0 Å². The smallest absolute Gasteiger partial charge is 0.200 e. The van der Waals surface area contributed by atoms with Gasteiger partial charge in [-0.3, -0.25) is 4.79 Å². The molecule has 3 heterocycles. The van der Waals surface area contributed by atoms with E-state index in [0.717, 1.165) is 0 Å². The van der Waals surface area contributed by atoms with E-state index < -0.39 is 17.1 Å². The summed E-state index contributed by atoms with van der Waals surface area (Å²) in [5.41, 5.74) is -0.144. The average Bonchev–Trinajstić information content (AvgIpc) is 2.84. The quantitative estimate of drug-likeness (QED) is 0.548. The summed E-state index contributed by atoms with van der Waals surface area (Å²) >= 11 is 0. The molecule has 5 rings (SSSR count). The van der Waals surface area contributed by atoms with Gasteiger partial charge < -0.3 is 29.2 Å². The summed E-state index contributed by atoms with van der Waals surface area (Å²) in [6.45, 7) is 5.04. The van der Waals surface area contributed by atoms with Crippen molar-refractivity contribution in [3.05, 3.63) is 51.7 Å². The number of aliphatic hydroxyl groups is 1. The van der Waals surface area contributed by atoms with E-state index in [1.165, 1.54) is 18.2 Å². The van der Waals surface area contributed by atoms with E-state index in [1.54, 1.807) is 19.9 Å². The Morgan fingerprint density at radius 1 is 1.10 bits per heavy atom. The zero-order chi connectivity index (χ0) is 22.1. The Kier molecular flexibility index (Phi) is 4.10. The fourth-order valence-corrected chi connectivity index (χ4v) is 4.08. The highest BCUT2D eigenvalue weighted by Crippen LogP contribution is 2.44. The first kappa shape index (κ1) is 19.5. The molecule has 0 saturated heterocycles. The second-order valence-corrected chi connectivity index (χ2v) is 8.58. The zero-order valence-electron chi connectivity index (χ0n) is 17.3. The Morgan fingerprint density at radius 2 is 1.87 bits per heavy atom. The van der Waals surface area contributed by atoms with Crippen LogP contribution in [-0.4, -0.2) is 33.1 Å². The van der Waals surface area contributed by atoms with Crippen LogP contribution < -0.4 is 14.9 Å². The molecule has 0 bridgehead atoms. The predicted octanol–water partition coefficient (Wildman–Crippen LogP) is 3.74. The summed E-state index contributed by atoms with van der Waals surface area (Å²) in [5.74, 6) is 0.749. The third kappa shape index (κ3) is 3.04. The summed E-state index contributed by atoms with van der Waals surface area (Å²) in [5, 5.41) is 31.3. The van der Waals surface area contributed by atoms with Crippen molar-refractivity contribution in [1.29, 1.82) is 0 Å². The van der Waals surface area contributed by atoms with Crippen LogP contribution in [0.15, 0.2) is 39.6 Å². The monoisotopic (exact) mass is 422 g/mol. The first-order valence-electron chi connectivity index (χ1n) is 10.1. The molecular formula is C24H22O7. The van der Waals surface area contributed by atoms with Gasteiger partial charge in [0.15, 0.2) is 11.0 Å². The van der Waals surface area contributed by atoms with Crippen molar-refractivity contribution in [3.8, 4) is 34.3 Å². The van der Waals surface area contributed by atoms with Gasteiger partial charge in [-0.05, 0) is 45.1 Å². The SMILES string of the molecule is CC1C=Cc2c(cc(O)c3c(=O)c4c(oc23)-c2ccc(O)cc2OC(C(C)(C)O)C4)O1. The molecule has 0 amide bonds. The van der Waals surface area contributed by atoms with E-state index in [4.69, 9.17) is 13.9 Å². The number of hydrogen-bond acceptors (Lipinski definition) is 7. The lowest BCUT2D eigenvalue weighted by atomic mass is 9.93. The first-order chi connectivity index (χ1) is 14.6. The molecule has 2 aliphatic heterocycles. The lowest BCUT2D eigenvalue weighted by molar-refractivity contribution is -0.0322. The lowest BCUT2D eigenvalue weighted by Crippen LogP contribution is -2.42. The van der Waals surface area contributed by atoms with Crippen LogP contribution in [0.2, 0.25) is 0 Å². The van der Waals surface area contributed by atoms with Crippen molar-refractivity contribution in [2.45, 2.75) is 45.0 Å². The molecule has 160 valence electrons. The fourth-order valence-electron chi connectivity index (χ4n) is 4.08. The maximum Gasteiger partial charge on any atom is 0.200 e. The van der Waals surface area contributed by atoms with Crippen LogP contribution >= 0.6 is 0 Å². The highest BCUT2D eigenvalue weighted by molar-refractivity contribution is 5.95. The normalized spacial score (nSPS) is 19.6. The number of benzene rings is 2. The van der Waals surface area contributed by atoms with E-state index in [2.05, 4.69) is 0 Å². The number of phenols is 2. The van der Waals surface area contributed by atoms with Gasteiger partial charge in [0.05, 0.1) is 16.7 Å². The van der Waals surface area contributed by atoms with Gasteiger partial charge in [-0.2, -0.15) is 0 Å². The standard InChI is InChI=1S/C24H22O7/c1-11-4-6-14-18(29-11)10-16(26)20-21(27)15-9-19(24(2,3)28)30-17-8-12(25)5-7-13(17)22(15)31-23(14)20/h4-8,10-11,19,25-26,28H,9H2,1-3H3. The molecule has 2 aliphatic rings. The predicted molar refractivity (Wildman–Crippen MR) is 115 cm³/mol. The van der Waals surface area contributed by atoms with Crippen LogP contribution in [-0.2, 0) is 6.42 Å². The van der Waals surface area contributed by atoms with Gasteiger partial charge in [0.2, 0.25) is 0 Å². The van der Waals surface area contributed by atoms with Crippen LogP contribution in [0.25, 0.3) is 28.4 Å². The van der Waals surface area contributed by atoms with Crippen molar-refractivity contribution in [1.82, 2.24) is 0 Å². The second-order valence-electron chi connectivity index (χ2n) is 8.58. The van der Waals surface area contributed by atoms with E-state index in [9.17, 15) is 20.1 Å². The zero-order valence-corrected chi connectivity index (χ0v) is 17.3. The van der Waals surface area contributed by atoms with Gasteiger partial charge in [0.25, 0.3) is 0 Å². The molecule has 7 heteroatoms. The molecule has 2 unspecified atom stereocenters. The van der Waals surface area contributed by atoms with Crippen LogP contribution in [0.4, 0.5) is 0 Å². The molecule has 0 radical (unpaired) electrons. The number of fused-ring (bicyclic) bond motifs is 6. The molecule has 0 spiro atoms. The van der Waals surface area contributed by atoms with Gasteiger partial charge in [-0.25, -0.2) is 0 Å². The fraction of sp³-hybridized carbons (Fsp3) is 0.292. The first-order valence-corrected chi connectivity index (χ1v) is 10.1. The van der Waals surface area contributed by atoms with Gasteiger partial charge >= 0.3 is 0 Å². The van der Waals surface area contributed by atoms with Crippen molar-refractivity contribution < 1.29 is 29.2 Å². The molecule has 2 atom stereocenters. The van der Waals surface area contributed by atoms with Crippen molar-refractivity contribution >= 4 is 17.0 Å². The minimum absolute atomic E-state index is 0.0137. The molecule has 3 N–H and O–H groups in total. The van der Waals surface area contributed by atoms with E-state index in [1.807, 2.05) is 19.1 Å². The number of ether oxygens (including phenoxy) is 2. The highest BCUT2D eigenvalue weighted by Gasteiger charge is 2.36. The summed E-state index contributed by atoms with van der Waals surface area (Å²) in [6.07, 6.45) is 2.75. The Balaban J connectivity index is 1.88. The second kappa shape index (κ2) is 6.52. The third-order valence-corrected chi connectivity index (χ3v) is 5.74. The molecule has 3 aromatic rings. The molecule has 0 saturated carbocycles. The lowest BCUT2D eigenvalue weighted by Gasteiger charge is -2.28. The highest BCUT2D eigenvalue weighted by atomic mass is 16.5. The molecule has 7 nitrogen and oxygen atoms in total. The Labute approximate surface area is 177 Å². The molecule has 31 heavy (non-hydrogen) atoms. The largest absolute Gasteiger partial charge is 0.508 e. The number of aromatic hydroxyl groups is 2. The maximum absolute atomic E-state index is 13.6. The number of hydrogen-bond donors (Lipinski definition) is 3. The van der Waals surface area contributed by atoms with Crippen LogP contribution in [0.5, 0.6) is 23.0 Å². The van der Waals surface area contributed by atoms with Gasteiger partial charge in [-0.15, -0.1) is 0 Å². The molecule has 1 aromatic heterocycles. The van der Waals surface area contributed by atoms with Crippen molar-refractivity contribution in [2.24, 2.45) is 0 Å². The van der Waals surface area contributed by atoms with Crippen LogP contribution in [0.1, 0.15) is 31.9 Å². The molecule has 0 fully saturated rings. The van der Waals surface area contributed by atoms with Crippen LogP contribution in [0, 0.1) is 0 Å². The number of phenolic OH excluding ortho intramolecular Hbond substituents is 2. The van der Waals surface area contributed by atoms with Gasteiger partial charge in [0.1, 0.15) is 46.4 Å². The Morgan fingerprint density at radius 3 is 2.61 bits per heavy atom. The average molecular weight is 422 g/mol. The van der Waals surface area contributed by atoms with Gasteiger partial charge in [-0.1, -0.05) is 0 Å². The molecule has 0 aliphatic carbocycles. The summed E-state index contributed by atoms with van der Waals surface area (Å²) in [7, 11) is 0. The van der Waals surface area contributed by atoms with Crippen LogP contribution in [0.3, 0.4) is 0 Å². The Hall–Kier alpha value is -3.45. The summed E-state index contributed by atoms with van der Waals surface area (Å²) < 4.78 is 18.0. The summed E-state index contributed by atoms with van der Waals surface area (Å²) in [4.78, 5) is 13.6. The van der Waals surface area contributed by atoms with Crippen molar-refractivity contribution in [2.75, 3.05) is 0 Å². The third-order valence-electron chi connectivity index (χ3n) is 5.74. The molecule has 2 aromatic carbocycles. The minimum Gasteiger partial charge on any atom is -0.508 e. The number of rotatable bonds is 1. The summed E-state index contributed by atoms with van der Waals surface area (Å²) in [6, 6.07) is 5.93. The van der Waals surface area contributed by atoms with E-state index in [-0.39, 0.29) is 46.3 Å². The van der Waals surface area contributed by atoms with Gasteiger partial charge in [0, 0.05) is 24.1 Å². The topological polar surface area (TPSA) is 109 Å². The Bertz CT molecular complexity index is 1310. The van der Waals surface area contributed by atoms with E-state index in [0.29, 0.717) is 22.6 Å².